The molecule has 1 fully saturated rings. The highest BCUT2D eigenvalue weighted by atomic mass is 16.4. The number of nitrogens with zero attached hydrogens (tertiary/aromatic N) is 1. The topological polar surface area (TPSA) is 40.5 Å². The molecule has 0 amide bonds. The highest BCUT2D eigenvalue weighted by Crippen LogP contribution is 2.24. The van der Waals surface area contributed by atoms with Crippen molar-refractivity contribution in [3.63, 3.8) is 0 Å². The molecule has 0 saturated carbocycles. The Hall–Kier alpha value is -1.51. The zero-order valence-electron chi connectivity index (χ0n) is 11.7. The van der Waals surface area contributed by atoms with Crippen molar-refractivity contribution in [3.05, 3.63) is 29.3 Å². The molecule has 1 heterocycles. The van der Waals surface area contributed by atoms with Crippen LogP contribution in [0.4, 0.5) is 5.69 Å². The van der Waals surface area contributed by atoms with E-state index in [9.17, 15) is 4.79 Å². The number of anilines is 1. The summed E-state index contributed by atoms with van der Waals surface area (Å²) in [6.07, 6.45) is 6.07. The molecule has 0 spiro atoms. The zero-order chi connectivity index (χ0) is 13.7. The van der Waals surface area contributed by atoms with E-state index in [0.717, 1.165) is 18.7 Å². The molecular formula is C16H23NO2. The van der Waals surface area contributed by atoms with E-state index in [-0.39, 0.29) is 6.42 Å². The normalized spacial score (nSPS) is 16.2. The minimum Gasteiger partial charge on any atom is -0.481 e. The Balaban J connectivity index is 2.07. The number of carboxylic acids is 1. The van der Waals surface area contributed by atoms with Crippen LogP contribution in [0.5, 0.6) is 0 Å². The van der Waals surface area contributed by atoms with Gasteiger partial charge < -0.3 is 10.0 Å². The summed E-state index contributed by atoms with van der Waals surface area (Å²) in [5, 5.41) is 8.73. The summed E-state index contributed by atoms with van der Waals surface area (Å²) in [4.78, 5) is 13.1. The first-order chi connectivity index (χ1) is 9.16. The van der Waals surface area contributed by atoms with Gasteiger partial charge in [0.15, 0.2) is 0 Å². The van der Waals surface area contributed by atoms with Gasteiger partial charge in [-0.15, -0.1) is 0 Å². The summed E-state index contributed by atoms with van der Waals surface area (Å²) in [5.41, 5.74) is 3.71. The van der Waals surface area contributed by atoms with Gasteiger partial charge in [0, 0.05) is 25.2 Å². The van der Waals surface area contributed by atoms with Gasteiger partial charge in [-0.25, -0.2) is 0 Å². The molecule has 1 N–H and O–H groups in total. The van der Waals surface area contributed by atoms with Crippen LogP contribution in [0.2, 0.25) is 0 Å². The van der Waals surface area contributed by atoms with E-state index in [1.807, 2.05) is 0 Å². The van der Waals surface area contributed by atoms with E-state index < -0.39 is 5.97 Å². The third kappa shape index (κ3) is 3.98. The van der Waals surface area contributed by atoms with E-state index in [2.05, 4.69) is 30.0 Å². The Morgan fingerprint density at radius 1 is 1.21 bits per heavy atom. The van der Waals surface area contributed by atoms with Crippen molar-refractivity contribution in [3.8, 4) is 0 Å². The van der Waals surface area contributed by atoms with Crippen molar-refractivity contribution < 1.29 is 9.90 Å². The van der Waals surface area contributed by atoms with Crippen molar-refractivity contribution in [1.82, 2.24) is 0 Å². The first-order valence-electron chi connectivity index (χ1n) is 7.23. The van der Waals surface area contributed by atoms with Crippen LogP contribution < -0.4 is 4.90 Å². The predicted molar refractivity (Wildman–Crippen MR) is 77.8 cm³/mol. The molecule has 0 unspecified atom stereocenters. The molecule has 3 heteroatoms. The first-order valence-corrected chi connectivity index (χ1v) is 7.23. The van der Waals surface area contributed by atoms with Crippen LogP contribution in [0.3, 0.4) is 0 Å². The van der Waals surface area contributed by atoms with Crippen LogP contribution in [0, 0.1) is 6.92 Å². The maximum absolute atomic E-state index is 10.6. The van der Waals surface area contributed by atoms with Crippen LogP contribution in [0.1, 0.15) is 43.2 Å². The Bertz CT molecular complexity index is 434. The number of rotatable bonds is 4. The molecule has 2 rings (SSSR count). The molecule has 0 atom stereocenters. The number of hydrogen-bond acceptors (Lipinski definition) is 2. The molecule has 1 saturated heterocycles. The van der Waals surface area contributed by atoms with Crippen molar-refractivity contribution in [2.24, 2.45) is 0 Å². The van der Waals surface area contributed by atoms with E-state index >= 15 is 0 Å². The number of carboxylic acid groups (broad SMARTS) is 1. The summed E-state index contributed by atoms with van der Waals surface area (Å²) < 4.78 is 0. The van der Waals surface area contributed by atoms with E-state index in [1.165, 1.54) is 36.9 Å². The van der Waals surface area contributed by atoms with Crippen molar-refractivity contribution in [1.29, 1.82) is 0 Å². The molecule has 1 aliphatic rings. The summed E-state index contributed by atoms with van der Waals surface area (Å²) in [6.45, 7) is 4.43. The molecule has 1 aromatic carbocycles. The van der Waals surface area contributed by atoms with E-state index in [1.54, 1.807) is 0 Å². The predicted octanol–water partition coefficient (Wildman–Crippen LogP) is 3.39. The molecule has 1 aromatic rings. The minimum absolute atomic E-state index is 0.211. The summed E-state index contributed by atoms with van der Waals surface area (Å²) in [7, 11) is 0. The second-order valence-electron chi connectivity index (χ2n) is 5.42. The Kier molecular flexibility index (Phi) is 4.83. The first kappa shape index (κ1) is 13.9. The molecule has 0 aliphatic carbocycles. The summed E-state index contributed by atoms with van der Waals surface area (Å²) in [6, 6.07) is 6.39. The van der Waals surface area contributed by atoms with Gasteiger partial charge in [0.1, 0.15) is 0 Å². The smallest absolute Gasteiger partial charge is 0.303 e. The van der Waals surface area contributed by atoms with Gasteiger partial charge in [-0.05, 0) is 43.4 Å². The standard InChI is InChI=1S/C16H23NO2/c1-13-12-14(7-9-16(18)19)6-8-15(13)17-10-4-2-3-5-11-17/h6,8,12H,2-5,7,9-11H2,1H3,(H,18,19). The fourth-order valence-electron chi connectivity index (χ4n) is 2.79. The number of hydrogen-bond donors (Lipinski definition) is 1. The molecule has 19 heavy (non-hydrogen) atoms. The lowest BCUT2D eigenvalue weighted by Crippen LogP contribution is -2.24. The zero-order valence-corrected chi connectivity index (χ0v) is 11.7. The van der Waals surface area contributed by atoms with Gasteiger partial charge in [0.25, 0.3) is 0 Å². The lowest BCUT2D eigenvalue weighted by Gasteiger charge is -2.25. The van der Waals surface area contributed by atoms with Gasteiger partial charge >= 0.3 is 5.97 Å². The van der Waals surface area contributed by atoms with Crippen molar-refractivity contribution in [2.75, 3.05) is 18.0 Å². The monoisotopic (exact) mass is 261 g/mol. The van der Waals surface area contributed by atoms with Gasteiger partial charge in [0.05, 0.1) is 0 Å². The Morgan fingerprint density at radius 2 is 1.89 bits per heavy atom. The Labute approximate surface area is 115 Å². The molecule has 1 aliphatic heterocycles. The third-order valence-corrected chi connectivity index (χ3v) is 3.84. The maximum Gasteiger partial charge on any atom is 0.303 e. The number of benzene rings is 1. The van der Waals surface area contributed by atoms with Crippen LogP contribution in [0.15, 0.2) is 18.2 Å². The van der Waals surface area contributed by atoms with E-state index in [4.69, 9.17) is 5.11 Å². The highest BCUT2D eigenvalue weighted by Gasteiger charge is 2.12. The van der Waals surface area contributed by atoms with Gasteiger partial charge in [0.2, 0.25) is 0 Å². The fraction of sp³-hybridized carbons (Fsp3) is 0.562. The van der Waals surface area contributed by atoms with E-state index in [0.29, 0.717) is 6.42 Å². The number of aryl methyl sites for hydroxylation is 2. The van der Waals surface area contributed by atoms with Gasteiger partial charge in [-0.1, -0.05) is 25.0 Å². The van der Waals surface area contributed by atoms with Crippen LogP contribution in [-0.4, -0.2) is 24.2 Å². The summed E-state index contributed by atoms with van der Waals surface area (Å²) >= 11 is 0. The van der Waals surface area contributed by atoms with Gasteiger partial charge in [-0.3, -0.25) is 4.79 Å². The third-order valence-electron chi connectivity index (χ3n) is 3.84. The second kappa shape index (κ2) is 6.60. The average molecular weight is 261 g/mol. The lowest BCUT2D eigenvalue weighted by molar-refractivity contribution is -0.136. The SMILES string of the molecule is Cc1cc(CCC(=O)O)ccc1N1CCCCCC1. The van der Waals surface area contributed by atoms with Crippen LogP contribution in [0.25, 0.3) is 0 Å². The fourth-order valence-corrected chi connectivity index (χ4v) is 2.79. The maximum atomic E-state index is 10.6. The minimum atomic E-state index is -0.728. The number of aliphatic carboxylic acids is 1. The summed E-state index contributed by atoms with van der Waals surface area (Å²) in [5.74, 6) is -0.728. The highest BCUT2D eigenvalue weighted by molar-refractivity contribution is 5.67. The molecule has 0 radical (unpaired) electrons. The quantitative estimate of drug-likeness (QED) is 0.903. The second-order valence-corrected chi connectivity index (χ2v) is 5.42. The molecule has 0 aromatic heterocycles. The van der Waals surface area contributed by atoms with Crippen molar-refractivity contribution in [2.45, 2.75) is 45.4 Å². The van der Waals surface area contributed by atoms with Crippen molar-refractivity contribution >= 4 is 11.7 Å². The largest absolute Gasteiger partial charge is 0.481 e. The lowest BCUT2D eigenvalue weighted by atomic mass is 10.0. The molecule has 0 bridgehead atoms. The van der Waals surface area contributed by atoms with Gasteiger partial charge in [-0.2, -0.15) is 0 Å². The molecule has 104 valence electrons. The number of carbonyl (C=O) groups is 1. The Morgan fingerprint density at radius 3 is 2.47 bits per heavy atom. The molecular weight excluding hydrogens is 238 g/mol. The van der Waals surface area contributed by atoms with Crippen LogP contribution >= 0.6 is 0 Å². The van der Waals surface area contributed by atoms with Crippen LogP contribution in [-0.2, 0) is 11.2 Å². The average Bonchev–Trinajstić information content (AvgIpc) is 2.65. The molecule has 3 nitrogen and oxygen atoms in total.